The monoisotopic (exact) mass is 561 g/mol. The van der Waals surface area contributed by atoms with Crippen molar-refractivity contribution < 1.29 is 23.1 Å². The summed E-state index contributed by atoms with van der Waals surface area (Å²) in [5.74, 6) is 0.487. The fourth-order valence-corrected chi connectivity index (χ4v) is 4.86. The summed E-state index contributed by atoms with van der Waals surface area (Å²) < 4.78 is 24.6. The number of nitrogens with one attached hydrogen (secondary N) is 1. The van der Waals surface area contributed by atoms with E-state index in [0.717, 1.165) is 28.8 Å². The lowest BCUT2D eigenvalue weighted by Crippen LogP contribution is -2.48. The van der Waals surface area contributed by atoms with Crippen molar-refractivity contribution in [3.8, 4) is 17.2 Å². The average molecular weight is 562 g/mol. The second-order valence-electron chi connectivity index (χ2n) is 9.00. The van der Waals surface area contributed by atoms with Crippen LogP contribution in [0.4, 0.5) is 15.8 Å². The summed E-state index contributed by atoms with van der Waals surface area (Å²) in [6, 6.07) is 20.7. The Balaban J connectivity index is 1.08. The number of piperazine rings is 1. The zero-order valence-electron chi connectivity index (χ0n) is 21.9. The molecule has 1 saturated heterocycles. The highest BCUT2D eigenvalue weighted by molar-refractivity contribution is 7.99. The Bertz CT molecular complexity index is 1450. The molecule has 40 heavy (non-hydrogen) atoms. The minimum absolute atomic E-state index is 0.119. The topological polar surface area (TPSA) is 101 Å². The number of carbonyl (C=O) groups is 2. The van der Waals surface area contributed by atoms with Crippen LogP contribution in [-0.4, -0.2) is 65.5 Å². The number of hydrogen-bond donors (Lipinski definition) is 1. The maximum absolute atomic E-state index is 13.5. The van der Waals surface area contributed by atoms with Crippen LogP contribution in [0, 0.1) is 5.82 Å². The van der Waals surface area contributed by atoms with Crippen LogP contribution >= 0.6 is 11.8 Å². The molecule has 5 rings (SSSR count). The first kappa shape index (κ1) is 27.2. The summed E-state index contributed by atoms with van der Waals surface area (Å²) in [6.45, 7) is 4.92. The molecule has 9 nitrogen and oxygen atoms in total. The van der Waals surface area contributed by atoms with E-state index in [1.807, 2.05) is 55.5 Å². The number of halogens is 1. The van der Waals surface area contributed by atoms with Gasteiger partial charge in [0.1, 0.15) is 11.6 Å². The summed E-state index contributed by atoms with van der Waals surface area (Å²) in [5.41, 5.74) is 2.80. The number of benzene rings is 3. The highest BCUT2D eigenvalue weighted by Gasteiger charge is 2.22. The standard InChI is InChI=1S/C29H28FN5O4S/c1-2-38-25-12-6-20(7-13-25)27-32-33-29(39-27)40-19-26(36)31-23-8-10-24(11-9-23)34-14-16-35(17-15-34)28(37)21-4-3-5-22(30)18-21/h3-13,18H,2,14-17,19H2,1H3,(H,31,36). The number of nitrogens with zero attached hydrogens (tertiary/aromatic N) is 4. The first-order valence-electron chi connectivity index (χ1n) is 12.9. The number of aromatic nitrogens is 2. The number of rotatable bonds is 9. The molecule has 0 radical (unpaired) electrons. The predicted molar refractivity (Wildman–Crippen MR) is 151 cm³/mol. The predicted octanol–water partition coefficient (Wildman–Crippen LogP) is 4.97. The van der Waals surface area contributed by atoms with Crippen LogP contribution in [0.2, 0.25) is 0 Å². The summed E-state index contributed by atoms with van der Waals surface area (Å²) in [7, 11) is 0. The van der Waals surface area contributed by atoms with E-state index in [4.69, 9.17) is 9.15 Å². The first-order chi connectivity index (χ1) is 19.5. The molecule has 0 atom stereocenters. The summed E-state index contributed by atoms with van der Waals surface area (Å²) >= 11 is 1.16. The van der Waals surface area contributed by atoms with Gasteiger partial charge in [-0.05, 0) is 73.7 Å². The van der Waals surface area contributed by atoms with Crippen LogP contribution in [0.3, 0.4) is 0 Å². The van der Waals surface area contributed by atoms with Crippen molar-refractivity contribution >= 4 is 35.0 Å². The number of thioether (sulfide) groups is 1. The molecule has 2 heterocycles. The van der Waals surface area contributed by atoms with Crippen LogP contribution in [0.1, 0.15) is 17.3 Å². The van der Waals surface area contributed by atoms with Gasteiger partial charge in [-0.2, -0.15) is 0 Å². The summed E-state index contributed by atoms with van der Waals surface area (Å²) in [6.07, 6.45) is 0. The highest BCUT2D eigenvalue weighted by atomic mass is 32.2. The minimum atomic E-state index is -0.418. The third-order valence-electron chi connectivity index (χ3n) is 6.30. The largest absolute Gasteiger partial charge is 0.494 e. The molecule has 1 N–H and O–H groups in total. The second-order valence-corrected chi connectivity index (χ2v) is 9.93. The number of ether oxygens (including phenoxy) is 1. The van der Waals surface area contributed by atoms with Gasteiger partial charge < -0.3 is 24.3 Å². The molecule has 0 saturated carbocycles. The molecule has 1 aliphatic rings. The van der Waals surface area contributed by atoms with Gasteiger partial charge in [0.25, 0.3) is 11.1 Å². The van der Waals surface area contributed by atoms with Crippen molar-refractivity contribution in [1.82, 2.24) is 15.1 Å². The quantitative estimate of drug-likeness (QED) is 0.286. The first-order valence-corrected chi connectivity index (χ1v) is 13.9. The zero-order valence-corrected chi connectivity index (χ0v) is 22.7. The Kier molecular flexibility index (Phi) is 8.60. The maximum atomic E-state index is 13.5. The van der Waals surface area contributed by atoms with Crippen molar-refractivity contribution in [2.24, 2.45) is 0 Å². The molecule has 0 aliphatic carbocycles. The van der Waals surface area contributed by atoms with Gasteiger partial charge in [0.05, 0.1) is 12.4 Å². The van der Waals surface area contributed by atoms with Crippen LogP contribution in [0.5, 0.6) is 5.75 Å². The van der Waals surface area contributed by atoms with E-state index in [1.54, 1.807) is 17.0 Å². The van der Waals surface area contributed by atoms with Gasteiger partial charge in [0, 0.05) is 48.7 Å². The molecule has 0 spiro atoms. The molecular weight excluding hydrogens is 533 g/mol. The van der Waals surface area contributed by atoms with Gasteiger partial charge in [-0.3, -0.25) is 9.59 Å². The third-order valence-corrected chi connectivity index (χ3v) is 7.12. The lowest BCUT2D eigenvalue weighted by molar-refractivity contribution is -0.113. The Hall–Kier alpha value is -4.38. The number of amides is 2. The fraction of sp³-hybridized carbons (Fsp3) is 0.241. The van der Waals surface area contributed by atoms with E-state index < -0.39 is 5.82 Å². The number of hydrogen-bond acceptors (Lipinski definition) is 8. The molecule has 1 aliphatic heterocycles. The molecule has 0 bridgehead atoms. The molecule has 3 aromatic carbocycles. The fourth-order valence-electron chi connectivity index (χ4n) is 4.30. The van der Waals surface area contributed by atoms with Crippen molar-refractivity contribution in [2.45, 2.75) is 12.1 Å². The third kappa shape index (κ3) is 6.78. The SMILES string of the molecule is CCOc1ccc(-c2nnc(SCC(=O)Nc3ccc(N4CCN(C(=O)c5cccc(F)c5)CC4)cc3)o2)cc1. The molecule has 1 aromatic heterocycles. The Morgan fingerprint density at radius 1 is 1.00 bits per heavy atom. The van der Waals surface area contributed by atoms with E-state index in [1.165, 1.54) is 12.1 Å². The van der Waals surface area contributed by atoms with E-state index in [-0.39, 0.29) is 17.6 Å². The average Bonchev–Trinajstić information content (AvgIpc) is 3.46. The number of carbonyl (C=O) groups excluding carboxylic acids is 2. The van der Waals surface area contributed by atoms with Gasteiger partial charge >= 0.3 is 0 Å². The molecule has 2 amide bonds. The molecular formula is C29H28FN5O4S. The Morgan fingerprint density at radius 2 is 1.75 bits per heavy atom. The van der Waals surface area contributed by atoms with Gasteiger partial charge in [0.2, 0.25) is 11.8 Å². The van der Waals surface area contributed by atoms with Crippen LogP contribution in [0.15, 0.2) is 82.4 Å². The van der Waals surface area contributed by atoms with Gasteiger partial charge in [0.15, 0.2) is 0 Å². The summed E-state index contributed by atoms with van der Waals surface area (Å²) in [5, 5.41) is 11.3. The van der Waals surface area contributed by atoms with Crippen LogP contribution in [0.25, 0.3) is 11.5 Å². The molecule has 11 heteroatoms. The molecule has 4 aromatic rings. The minimum Gasteiger partial charge on any atom is -0.494 e. The normalized spacial score (nSPS) is 13.2. The van der Waals surface area contributed by atoms with Crippen molar-refractivity contribution in [3.63, 3.8) is 0 Å². The van der Waals surface area contributed by atoms with Crippen molar-refractivity contribution in [2.75, 3.05) is 48.8 Å². The van der Waals surface area contributed by atoms with Crippen LogP contribution < -0.4 is 15.0 Å². The smallest absolute Gasteiger partial charge is 0.277 e. The maximum Gasteiger partial charge on any atom is 0.277 e. The Labute approximate surface area is 235 Å². The summed E-state index contributed by atoms with van der Waals surface area (Å²) in [4.78, 5) is 29.1. The molecule has 206 valence electrons. The van der Waals surface area contributed by atoms with E-state index in [0.29, 0.717) is 55.2 Å². The van der Waals surface area contributed by atoms with Crippen molar-refractivity contribution in [3.05, 3.63) is 84.2 Å². The zero-order chi connectivity index (χ0) is 27.9. The van der Waals surface area contributed by atoms with Gasteiger partial charge in [-0.15, -0.1) is 10.2 Å². The van der Waals surface area contributed by atoms with Crippen LogP contribution in [-0.2, 0) is 4.79 Å². The Morgan fingerprint density at radius 3 is 2.45 bits per heavy atom. The lowest BCUT2D eigenvalue weighted by Gasteiger charge is -2.36. The number of anilines is 2. The molecule has 1 fully saturated rings. The second kappa shape index (κ2) is 12.6. The van der Waals surface area contributed by atoms with E-state index >= 15 is 0 Å². The van der Waals surface area contributed by atoms with E-state index in [2.05, 4.69) is 20.4 Å². The lowest BCUT2D eigenvalue weighted by atomic mass is 10.1. The highest BCUT2D eigenvalue weighted by Crippen LogP contribution is 2.25. The van der Waals surface area contributed by atoms with Gasteiger partial charge in [-0.1, -0.05) is 17.8 Å². The van der Waals surface area contributed by atoms with Crippen molar-refractivity contribution in [1.29, 1.82) is 0 Å². The van der Waals surface area contributed by atoms with Gasteiger partial charge in [-0.25, -0.2) is 4.39 Å². The van der Waals surface area contributed by atoms with E-state index in [9.17, 15) is 14.0 Å². The molecule has 0 unspecified atom stereocenters.